The molecule has 1 rings (SSSR count). The van der Waals surface area contributed by atoms with Gasteiger partial charge in [0.2, 0.25) is 5.88 Å². The second-order valence-corrected chi connectivity index (χ2v) is 2.60. The largest absolute Gasteiger partial charge is 0.477 e. The SMILES string of the molecule is C#CCOc1ncc([N+](=O)[O-])cc1C(=O)O. The summed E-state index contributed by atoms with van der Waals surface area (Å²) in [5, 5.41) is 19.2. The number of aromatic carboxylic acids is 1. The molecule has 1 heterocycles. The minimum Gasteiger partial charge on any atom is -0.477 e. The number of rotatable bonds is 4. The van der Waals surface area contributed by atoms with Crippen LogP contribution in [0.1, 0.15) is 10.4 Å². The number of terminal acetylenes is 1. The van der Waals surface area contributed by atoms with Gasteiger partial charge < -0.3 is 9.84 Å². The Kier molecular flexibility index (Phi) is 3.40. The third-order valence-electron chi connectivity index (χ3n) is 1.57. The van der Waals surface area contributed by atoms with Crippen LogP contribution < -0.4 is 4.74 Å². The highest BCUT2D eigenvalue weighted by molar-refractivity contribution is 5.90. The van der Waals surface area contributed by atoms with Crippen LogP contribution in [0.25, 0.3) is 0 Å². The van der Waals surface area contributed by atoms with Crippen molar-refractivity contribution in [3.05, 3.63) is 27.9 Å². The first-order valence-electron chi connectivity index (χ1n) is 4.00. The van der Waals surface area contributed by atoms with E-state index in [1.807, 2.05) is 0 Å². The number of hydrogen-bond donors (Lipinski definition) is 1. The topological polar surface area (TPSA) is 103 Å². The van der Waals surface area contributed by atoms with Gasteiger partial charge in [-0.25, -0.2) is 9.78 Å². The number of nitrogens with zero attached hydrogens (tertiary/aromatic N) is 2. The fourth-order valence-electron chi connectivity index (χ4n) is 0.919. The van der Waals surface area contributed by atoms with E-state index in [9.17, 15) is 14.9 Å². The van der Waals surface area contributed by atoms with Gasteiger partial charge in [0.05, 0.1) is 4.92 Å². The van der Waals surface area contributed by atoms with Crippen molar-refractivity contribution in [1.82, 2.24) is 4.98 Å². The molecule has 0 unspecified atom stereocenters. The molecular formula is C9H6N2O5. The monoisotopic (exact) mass is 222 g/mol. The van der Waals surface area contributed by atoms with E-state index >= 15 is 0 Å². The Hall–Kier alpha value is -2.62. The summed E-state index contributed by atoms with van der Waals surface area (Å²) in [5.41, 5.74) is -0.824. The summed E-state index contributed by atoms with van der Waals surface area (Å²) in [6, 6.07) is 0.862. The number of nitro groups is 1. The lowest BCUT2D eigenvalue weighted by molar-refractivity contribution is -0.385. The molecule has 7 nitrogen and oxygen atoms in total. The highest BCUT2D eigenvalue weighted by Crippen LogP contribution is 2.20. The number of pyridine rings is 1. The van der Waals surface area contributed by atoms with Crippen molar-refractivity contribution in [3.63, 3.8) is 0 Å². The molecule has 0 saturated carbocycles. The van der Waals surface area contributed by atoms with Crippen molar-refractivity contribution in [3.8, 4) is 18.2 Å². The number of ether oxygens (including phenoxy) is 1. The van der Waals surface area contributed by atoms with Crippen LogP contribution in [0.5, 0.6) is 5.88 Å². The molecule has 0 aliphatic carbocycles. The van der Waals surface area contributed by atoms with E-state index in [1.165, 1.54) is 0 Å². The van der Waals surface area contributed by atoms with Crippen molar-refractivity contribution in [2.24, 2.45) is 0 Å². The van der Waals surface area contributed by atoms with Gasteiger partial charge in [-0.05, 0) is 0 Å². The van der Waals surface area contributed by atoms with Crippen LogP contribution in [0.3, 0.4) is 0 Å². The fourth-order valence-corrected chi connectivity index (χ4v) is 0.919. The maximum Gasteiger partial charge on any atom is 0.341 e. The summed E-state index contributed by atoms with van der Waals surface area (Å²) in [4.78, 5) is 23.9. The summed E-state index contributed by atoms with van der Waals surface area (Å²) >= 11 is 0. The lowest BCUT2D eigenvalue weighted by Gasteiger charge is -2.04. The number of carboxylic acid groups (broad SMARTS) is 1. The van der Waals surface area contributed by atoms with E-state index in [-0.39, 0.29) is 12.5 Å². The van der Waals surface area contributed by atoms with E-state index in [0.29, 0.717) is 0 Å². The van der Waals surface area contributed by atoms with Crippen molar-refractivity contribution in [1.29, 1.82) is 0 Å². The lowest BCUT2D eigenvalue weighted by Crippen LogP contribution is -2.06. The van der Waals surface area contributed by atoms with Gasteiger partial charge in [0.25, 0.3) is 5.69 Å². The molecular weight excluding hydrogens is 216 g/mol. The summed E-state index contributed by atoms with van der Waals surface area (Å²) < 4.78 is 4.83. The molecule has 7 heteroatoms. The summed E-state index contributed by atoms with van der Waals surface area (Å²) in [7, 11) is 0. The number of hydrogen-bond acceptors (Lipinski definition) is 5. The van der Waals surface area contributed by atoms with E-state index in [4.69, 9.17) is 16.3 Å². The molecule has 82 valence electrons. The van der Waals surface area contributed by atoms with Gasteiger partial charge in [-0.3, -0.25) is 10.1 Å². The van der Waals surface area contributed by atoms with E-state index in [0.717, 1.165) is 12.3 Å². The van der Waals surface area contributed by atoms with Crippen LogP contribution in [0, 0.1) is 22.5 Å². The highest BCUT2D eigenvalue weighted by atomic mass is 16.6. The van der Waals surface area contributed by atoms with Crippen molar-refractivity contribution < 1.29 is 19.6 Å². The molecule has 0 bridgehead atoms. The zero-order chi connectivity index (χ0) is 12.1. The van der Waals surface area contributed by atoms with Crippen LogP contribution in [0.15, 0.2) is 12.3 Å². The van der Waals surface area contributed by atoms with Gasteiger partial charge in [0, 0.05) is 6.07 Å². The van der Waals surface area contributed by atoms with Gasteiger partial charge >= 0.3 is 5.97 Å². The standard InChI is InChI=1S/C9H6N2O5/c1-2-3-16-8-7(9(12)13)4-6(5-10-8)11(14)15/h1,4-5H,3H2,(H,12,13). The molecule has 0 aliphatic heterocycles. The predicted molar refractivity (Wildman–Crippen MR) is 52.2 cm³/mol. The molecule has 0 aromatic carbocycles. The molecule has 0 radical (unpaired) electrons. The Labute approximate surface area is 89.8 Å². The second kappa shape index (κ2) is 4.75. The van der Waals surface area contributed by atoms with Gasteiger partial charge in [0.15, 0.2) is 6.61 Å². The Morgan fingerprint density at radius 1 is 1.75 bits per heavy atom. The zero-order valence-corrected chi connectivity index (χ0v) is 7.91. The minimum atomic E-state index is -1.37. The van der Waals surface area contributed by atoms with Crippen LogP contribution in [0.2, 0.25) is 0 Å². The Morgan fingerprint density at radius 3 is 2.94 bits per heavy atom. The molecule has 1 N–H and O–H groups in total. The Morgan fingerprint density at radius 2 is 2.44 bits per heavy atom. The molecule has 16 heavy (non-hydrogen) atoms. The normalized spacial score (nSPS) is 9.19. The first-order valence-corrected chi connectivity index (χ1v) is 4.00. The average Bonchev–Trinajstić information content (AvgIpc) is 2.25. The first-order chi connectivity index (χ1) is 7.56. The van der Waals surface area contributed by atoms with Crippen molar-refractivity contribution >= 4 is 11.7 Å². The quantitative estimate of drug-likeness (QED) is 0.457. The van der Waals surface area contributed by atoms with Crippen LogP contribution >= 0.6 is 0 Å². The van der Waals surface area contributed by atoms with Gasteiger partial charge in [-0.1, -0.05) is 5.92 Å². The van der Waals surface area contributed by atoms with Gasteiger partial charge in [0.1, 0.15) is 11.8 Å². The molecule has 0 amide bonds. The molecule has 0 fully saturated rings. The fraction of sp³-hybridized carbons (Fsp3) is 0.111. The molecule has 0 aliphatic rings. The van der Waals surface area contributed by atoms with Crippen LogP contribution in [-0.4, -0.2) is 27.6 Å². The van der Waals surface area contributed by atoms with E-state index in [1.54, 1.807) is 0 Å². The lowest BCUT2D eigenvalue weighted by atomic mass is 10.2. The first kappa shape index (κ1) is 11.5. The van der Waals surface area contributed by atoms with Gasteiger partial charge in [-0.2, -0.15) is 0 Å². The zero-order valence-electron chi connectivity index (χ0n) is 7.91. The molecule has 1 aromatic heterocycles. The van der Waals surface area contributed by atoms with E-state index in [2.05, 4.69) is 10.9 Å². The Bertz CT molecular complexity index is 477. The van der Waals surface area contributed by atoms with Crippen molar-refractivity contribution in [2.75, 3.05) is 6.61 Å². The second-order valence-electron chi connectivity index (χ2n) is 2.60. The third-order valence-corrected chi connectivity index (χ3v) is 1.57. The van der Waals surface area contributed by atoms with Gasteiger partial charge in [-0.15, -0.1) is 6.42 Å². The number of carboxylic acids is 1. The molecule has 0 saturated heterocycles. The highest BCUT2D eigenvalue weighted by Gasteiger charge is 2.18. The summed E-state index contributed by atoms with van der Waals surface area (Å²) in [6.07, 6.45) is 5.82. The molecule has 0 atom stereocenters. The average molecular weight is 222 g/mol. The third kappa shape index (κ3) is 2.45. The minimum absolute atomic E-state index is 0.162. The number of aromatic nitrogens is 1. The van der Waals surface area contributed by atoms with E-state index < -0.39 is 22.1 Å². The molecule has 1 aromatic rings. The maximum atomic E-state index is 10.8. The predicted octanol–water partition coefficient (Wildman–Crippen LogP) is 0.700. The van der Waals surface area contributed by atoms with Crippen LogP contribution in [-0.2, 0) is 0 Å². The van der Waals surface area contributed by atoms with Crippen LogP contribution in [0.4, 0.5) is 5.69 Å². The van der Waals surface area contributed by atoms with Crippen molar-refractivity contribution in [2.45, 2.75) is 0 Å². The smallest absolute Gasteiger partial charge is 0.341 e. The number of carbonyl (C=O) groups is 1. The molecule has 0 spiro atoms. The summed E-state index contributed by atoms with van der Waals surface area (Å²) in [6.45, 7) is -0.162. The maximum absolute atomic E-state index is 10.8. The summed E-state index contributed by atoms with van der Waals surface area (Å²) in [5.74, 6) is 0.519. The Balaban J connectivity index is 3.15.